The van der Waals surface area contributed by atoms with Gasteiger partial charge in [-0.15, -0.1) is 0 Å². The number of hydrogen-bond acceptors (Lipinski definition) is 3. The highest BCUT2D eigenvalue weighted by molar-refractivity contribution is 5.87. The zero-order valence-corrected chi connectivity index (χ0v) is 6.82. The van der Waals surface area contributed by atoms with E-state index in [0.29, 0.717) is 5.56 Å². The van der Waals surface area contributed by atoms with Gasteiger partial charge in [-0.1, -0.05) is 17.7 Å². The van der Waals surface area contributed by atoms with Gasteiger partial charge >= 0.3 is 5.97 Å². The number of rotatable bonds is 1. The normalized spacial score (nSPS) is 8.25. The van der Waals surface area contributed by atoms with Crippen LogP contribution in [0.2, 0.25) is 0 Å². The number of aromatic carboxylic acids is 1. The van der Waals surface area contributed by atoms with E-state index in [-0.39, 0.29) is 0 Å². The molecule has 66 valence electrons. The molecule has 0 aliphatic carbocycles. The summed E-state index contributed by atoms with van der Waals surface area (Å²) in [5, 5.41) is 8.48. The minimum absolute atomic E-state index is 0.339. The van der Waals surface area contributed by atoms with Crippen LogP contribution >= 0.6 is 0 Å². The van der Waals surface area contributed by atoms with Gasteiger partial charge in [-0.2, -0.15) is 0 Å². The van der Waals surface area contributed by atoms with Crippen LogP contribution in [0.15, 0.2) is 24.3 Å². The number of carbonyl (C=O) groups is 1. The van der Waals surface area contributed by atoms with E-state index in [4.69, 9.17) is 5.11 Å². The number of nitrogens with two attached hydrogens (primary N) is 2. The smallest absolute Gasteiger partial charge is 0.335 e. The van der Waals surface area contributed by atoms with Crippen molar-refractivity contribution >= 4 is 5.97 Å². The summed E-state index contributed by atoms with van der Waals surface area (Å²) in [4.78, 5) is 10.3. The van der Waals surface area contributed by atoms with E-state index >= 15 is 0 Å². The van der Waals surface area contributed by atoms with Crippen molar-refractivity contribution in [2.75, 3.05) is 0 Å². The molecule has 0 amide bonds. The number of carboxylic acid groups (broad SMARTS) is 1. The zero-order valence-electron chi connectivity index (χ0n) is 6.82. The van der Waals surface area contributed by atoms with Crippen LogP contribution in [0.3, 0.4) is 0 Å². The highest BCUT2D eigenvalue weighted by Gasteiger charge is 1.98. The predicted molar refractivity (Wildman–Crippen MR) is 46.5 cm³/mol. The predicted octanol–water partition coefficient (Wildman–Crippen LogP) is 0.512. The van der Waals surface area contributed by atoms with Crippen LogP contribution in [-0.2, 0) is 0 Å². The monoisotopic (exact) mass is 168 g/mol. The van der Waals surface area contributed by atoms with E-state index in [1.54, 1.807) is 24.3 Å². The second-order valence-corrected chi connectivity index (χ2v) is 2.17. The molecule has 0 unspecified atom stereocenters. The van der Waals surface area contributed by atoms with E-state index in [0.717, 1.165) is 5.56 Å². The summed E-state index contributed by atoms with van der Waals surface area (Å²) in [6.45, 7) is 1.92. The fourth-order valence-corrected chi connectivity index (χ4v) is 0.696. The maximum Gasteiger partial charge on any atom is 0.335 e. The van der Waals surface area contributed by atoms with Gasteiger partial charge in [0.25, 0.3) is 0 Å². The van der Waals surface area contributed by atoms with Gasteiger partial charge in [0.2, 0.25) is 0 Å². The van der Waals surface area contributed by atoms with E-state index in [2.05, 4.69) is 11.7 Å². The maximum absolute atomic E-state index is 10.3. The van der Waals surface area contributed by atoms with Crippen molar-refractivity contribution in [3.8, 4) is 0 Å². The SMILES string of the molecule is Cc1ccc(C(=O)O)cc1.NN. The second-order valence-electron chi connectivity index (χ2n) is 2.17. The highest BCUT2D eigenvalue weighted by Crippen LogP contribution is 2.01. The van der Waals surface area contributed by atoms with Crippen molar-refractivity contribution in [2.24, 2.45) is 11.7 Å². The first-order valence-electron chi connectivity index (χ1n) is 3.33. The fourth-order valence-electron chi connectivity index (χ4n) is 0.696. The molecule has 4 heteroatoms. The molecule has 1 rings (SSSR count). The number of aryl methyl sites for hydroxylation is 1. The lowest BCUT2D eigenvalue weighted by molar-refractivity contribution is 0.0697. The molecule has 0 fully saturated rings. The van der Waals surface area contributed by atoms with Gasteiger partial charge < -0.3 is 5.11 Å². The van der Waals surface area contributed by atoms with Crippen LogP contribution < -0.4 is 11.7 Å². The first kappa shape index (κ1) is 10.6. The summed E-state index contributed by atoms with van der Waals surface area (Å²) in [5.41, 5.74) is 1.41. The molecule has 0 aliphatic rings. The molecule has 0 bridgehead atoms. The molecule has 0 aromatic heterocycles. The highest BCUT2D eigenvalue weighted by atomic mass is 16.4. The van der Waals surface area contributed by atoms with Gasteiger partial charge in [-0.3, -0.25) is 11.7 Å². The lowest BCUT2D eigenvalue weighted by Crippen LogP contribution is -2.02. The third-order valence-electron chi connectivity index (χ3n) is 1.30. The van der Waals surface area contributed by atoms with Crippen molar-refractivity contribution in [2.45, 2.75) is 6.92 Å². The first-order chi connectivity index (χ1) is 5.70. The molecule has 0 aliphatic heterocycles. The first-order valence-corrected chi connectivity index (χ1v) is 3.33. The summed E-state index contributed by atoms with van der Waals surface area (Å²) in [5.74, 6) is 7.12. The Balaban J connectivity index is 0.000000561. The lowest BCUT2D eigenvalue weighted by Gasteiger charge is -1.92. The van der Waals surface area contributed by atoms with Gasteiger partial charge in [0.1, 0.15) is 0 Å². The van der Waals surface area contributed by atoms with Crippen LogP contribution in [0.5, 0.6) is 0 Å². The lowest BCUT2D eigenvalue weighted by atomic mass is 10.2. The average Bonchev–Trinajstić information content (AvgIpc) is 2.09. The summed E-state index contributed by atoms with van der Waals surface area (Å²) in [6, 6.07) is 6.75. The number of hydrazine groups is 1. The Morgan fingerprint density at radius 3 is 2.00 bits per heavy atom. The summed E-state index contributed by atoms with van der Waals surface area (Å²) in [6.07, 6.45) is 0. The van der Waals surface area contributed by atoms with Crippen molar-refractivity contribution in [3.63, 3.8) is 0 Å². The zero-order chi connectivity index (χ0) is 9.56. The molecular formula is C8H12N2O2. The number of carboxylic acids is 1. The Morgan fingerprint density at radius 2 is 1.67 bits per heavy atom. The van der Waals surface area contributed by atoms with Gasteiger partial charge in [0.15, 0.2) is 0 Å². The Labute approximate surface area is 70.8 Å². The topological polar surface area (TPSA) is 89.3 Å². The van der Waals surface area contributed by atoms with Crippen LogP contribution in [0.4, 0.5) is 0 Å². The van der Waals surface area contributed by atoms with Crippen molar-refractivity contribution < 1.29 is 9.90 Å². The van der Waals surface area contributed by atoms with Gasteiger partial charge in [0.05, 0.1) is 5.56 Å². The summed E-state index contributed by atoms with van der Waals surface area (Å²) < 4.78 is 0. The third kappa shape index (κ3) is 3.14. The average molecular weight is 168 g/mol. The molecule has 12 heavy (non-hydrogen) atoms. The maximum atomic E-state index is 10.3. The molecule has 0 saturated heterocycles. The van der Waals surface area contributed by atoms with Crippen molar-refractivity contribution in [3.05, 3.63) is 35.4 Å². The molecule has 0 heterocycles. The molecule has 1 aromatic rings. The van der Waals surface area contributed by atoms with E-state index in [9.17, 15) is 4.79 Å². The Kier molecular flexibility index (Phi) is 4.67. The second kappa shape index (κ2) is 5.29. The molecule has 0 radical (unpaired) electrons. The standard InChI is InChI=1S/C8H8O2.H4N2/c1-6-2-4-7(5-3-6)8(9)10;1-2/h2-5H,1H3,(H,9,10);1-2H2. The van der Waals surface area contributed by atoms with E-state index < -0.39 is 5.97 Å². The summed E-state index contributed by atoms with van der Waals surface area (Å²) in [7, 11) is 0. The largest absolute Gasteiger partial charge is 0.478 e. The molecule has 0 atom stereocenters. The molecular weight excluding hydrogens is 156 g/mol. The fraction of sp³-hybridized carbons (Fsp3) is 0.125. The van der Waals surface area contributed by atoms with E-state index in [1.165, 1.54) is 0 Å². The Morgan fingerprint density at radius 1 is 1.25 bits per heavy atom. The van der Waals surface area contributed by atoms with Gasteiger partial charge in [-0.25, -0.2) is 4.79 Å². The molecule has 5 N–H and O–H groups in total. The van der Waals surface area contributed by atoms with Crippen LogP contribution in [0, 0.1) is 6.92 Å². The quantitative estimate of drug-likeness (QED) is 0.421. The van der Waals surface area contributed by atoms with Crippen LogP contribution in [0.25, 0.3) is 0 Å². The Bertz CT molecular complexity index is 244. The molecule has 4 nitrogen and oxygen atoms in total. The molecule has 0 spiro atoms. The molecule has 0 saturated carbocycles. The Hall–Kier alpha value is -1.39. The van der Waals surface area contributed by atoms with Crippen molar-refractivity contribution in [1.29, 1.82) is 0 Å². The third-order valence-corrected chi connectivity index (χ3v) is 1.30. The van der Waals surface area contributed by atoms with Crippen molar-refractivity contribution in [1.82, 2.24) is 0 Å². The number of benzene rings is 1. The number of hydrogen-bond donors (Lipinski definition) is 3. The minimum Gasteiger partial charge on any atom is -0.478 e. The van der Waals surface area contributed by atoms with Crippen LogP contribution in [-0.4, -0.2) is 11.1 Å². The van der Waals surface area contributed by atoms with Gasteiger partial charge in [-0.05, 0) is 19.1 Å². The van der Waals surface area contributed by atoms with Gasteiger partial charge in [0, 0.05) is 0 Å². The summed E-state index contributed by atoms with van der Waals surface area (Å²) >= 11 is 0. The van der Waals surface area contributed by atoms with E-state index in [1.807, 2.05) is 6.92 Å². The molecule has 1 aromatic carbocycles. The van der Waals surface area contributed by atoms with Crippen LogP contribution in [0.1, 0.15) is 15.9 Å². The minimum atomic E-state index is -0.875.